The topological polar surface area (TPSA) is 77.3 Å². The molecule has 3 aromatic rings. The summed E-state index contributed by atoms with van der Waals surface area (Å²) in [6.07, 6.45) is 1.14. The maximum atomic E-state index is 12.5. The van der Waals surface area contributed by atoms with Crippen molar-refractivity contribution in [3.63, 3.8) is 0 Å². The van der Waals surface area contributed by atoms with E-state index in [0.29, 0.717) is 42.0 Å². The Morgan fingerprint density at radius 3 is 2.61 bits per heavy atom. The van der Waals surface area contributed by atoms with Crippen molar-refractivity contribution in [3.05, 3.63) is 53.6 Å². The van der Waals surface area contributed by atoms with Gasteiger partial charge in [-0.15, -0.1) is 10.2 Å². The van der Waals surface area contributed by atoms with E-state index in [0.717, 1.165) is 17.0 Å². The van der Waals surface area contributed by atoms with Crippen molar-refractivity contribution in [2.24, 2.45) is 0 Å². The quantitative estimate of drug-likeness (QED) is 0.495. The highest BCUT2D eigenvalue weighted by atomic mass is 35.5. The van der Waals surface area contributed by atoms with Gasteiger partial charge in [-0.25, -0.2) is 0 Å². The number of nitrogens with zero attached hydrogens (tertiary/aromatic N) is 4. The predicted octanol–water partition coefficient (Wildman–Crippen LogP) is 4.23. The molecular formula is C22H21ClN4O3S. The molecule has 1 aliphatic heterocycles. The van der Waals surface area contributed by atoms with Crippen molar-refractivity contribution in [2.45, 2.75) is 24.9 Å². The highest BCUT2D eigenvalue weighted by Crippen LogP contribution is 2.32. The number of carbonyl (C=O) groups is 2. The largest absolute Gasteiger partial charge is 0.494 e. The molecule has 7 nitrogen and oxygen atoms in total. The van der Waals surface area contributed by atoms with Gasteiger partial charge < -0.3 is 4.74 Å². The molecule has 2 aromatic carbocycles. The maximum Gasteiger partial charge on any atom is 0.239 e. The number of rotatable bonds is 7. The molecule has 1 saturated heterocycles. The van der Waals surface area contributed by atoms with Gasteiger partial charge in [0, 0.05) is 24.2 Å². The fraction of sp³-hybridized carbons (Fsp3) is 0.273. The first kappa shape index (κ1) is 21.4. The van der Waals surface area contributed by atoms with Gasteiger partial charge in [-0.1, -0.05) is 35.5 Å². The van der Waals surface area contributed by atoms with Gasteiger partial charge in [0.15, 0.2) is 11.0 Å². The van der Waals surface area contributed by atoms with Gasteiger partial charge >= 0.3 is 0 Å². The monoisotopic (exact) mass is 456 g/mol. The molecule has 0 spiro atoms. The number of ether oxygens (including phenoxy) is 1. The second-order valence-electron chi connectivity index (χ2n) is 6.88. The first-order valence-electron chi connectivity index (χ1n) is 9.98. The van der Waals surface area contributed by atoms with Crippen LogP contribution in [0.5, 0.6) is 5.75 Å². The normalized spacial score (nSPS) is 13.6. The number of imide groups is 1. The Hall–Kier alpha value is -2.84. The van der Waals surface area contributed by atoms with E-state index < -0.39 is 0 Å². The summed E-state index contributed by atoms with van der Waals surface area (Å²) >= 11 is 7.66. The number of amides is 2. The van der Waals surface area contributed by atoms with Gasteiger partial charge in [-0.3, -0.25) is 19.1 Å². The standard InChI is InChI=1S/C22H21ClN4O3S/c1-2-30-16-11-9-15(10-12-16)27-21(17-6-3-4-7-18(17)23)24-25-22(27)31-14-20(29)26-13-5-8-19(26)28/h3-4,6-7,9-12H,2,5,8,13-14H2,1H3. The van der Waals surface area contributed by atoms with Crippen LogP contribution in [0.2, 0.25) is 5.02 Å². The van der Waals surface area contributed by atoms with E-state index in [1.807, 2.05) is 54.0 Å². The van der Waals surface area contributed by atoms with E-state index >= 15 is 0 Å². The summed E-state index contributed by atoms with van der Waals surface area (Å²) in [5.74, 6) is 1.10. The predicted molar refractivity (Wildman–Crippen MR) is 120 cm³/mol. The molecule has 0 radical (unpaired) electrons. The van der Waals surface area contributed by atoms with Crippen LogP contribution in [0.4, 0.5) is 0 Å². The Balaban J connectivity index is 1.67. The lowest BCUT2D eigenvalue weighted by Crippen LogP contribution is -2.33. The Morgan fingerprint density at radius 2 is 1.94 bits per heavy atom. The average Bonchev–Trinajstić information content (AvgIpc) is 3.39. The molecular weight excluding hydrogens is 436 g/mol. The van der Waals surface area contributed by atoms with Crippen LogP contribution in [0.3, 0.4) is 0 Å². The SMILES string of the molecule is CCOc1ccc(-n2c(SCC(=O)N3CCCC3=O)nnc2-c2ccccc2Cl)cc1. The van der Waals surface area contributed by atoms with Crippen LogP contribution in [-0.4, -0.2) is 50.4 Å². The van der Waals surface area contributed by atoms with Crippen LogP contribution >= 0.6 is 23.4 Å². The van der Waals surface area contributed by atoms with E-state index in [2.05, 4.69) is 10.2 Å². The van der Waals surface area contributed by atoms with Gasteiger partial charge in [0.05, 0.1) is 17.4 Å². The first-order valence-corrected chi connectivity index (χ1v) is 11.3. The van der Waals surface area contributed by atoms with Crippen molar-refractivity contribution < 1.29 is 14.3 Å². The van der Waals surface area contributed by atoms with Crippen LogP contribution in [0.1, 0.15) is 19.8 Å². The lowest BCUT2D eigenvalue weighted by molar-refractivity contribution is -0.140. The summed E-state index contributed by atoms with van der Waals surface area (Å²) < 4.78 is 7.40. The molecule has 4 rings (SSSR count). The smallest absolute Gasteiger partial charge is 0.239 e. The molecule has 1 aliphatic rings. The number of thioether (sulfide) groups is 1. The van der Waals surface area contributed by atoms with Gasteiger partial charge in [-0.2, -0.15) is 0 Å². The average molecular weight is 457 g/mol. The fourth-order valence-electron chi connectivity index (χ4n) is 3.39. The molecule has 0 saturated carbocycles. The number of halogens is 1. The number of hydrogen-bond acceptors (Lipinski definition) is 6. The van der Waals surface area contributed by atoms with E-state index in [4.69, 9.17) is 16.3 Å². The van der Waals surface area contributed by atoms with E-state index in [9.17, 15) is 9.59 Å². The second-order valence-corrected chi connectivity index (χ2v) is 8.23. The molecule has 2 amide bonds. The summed E-state index contributed by atoms with van der Waals surface area (Å²) in [7, 11) is 0. The third-order valence-electron chi connectivity index (χ3n) is 4.85. The van der Waals surface area contributed by atoms with Crippen LogP contribution in [-0.2, 0) is 9.59 Å². The summed E-state index contributed by atoms with van der Waals surface area (Å²) in [5.41, 5.74) is 1.55. The Bertz CT molecular complexity index is 1100. The zero-order valence-corrected chi connectivity index (χ0v) is 18.5. The first-order chi connectivity index (χ1) is 15.1. The van der Waals surface area contributed by atoms with Crippen LogP contribution in [0, 0.1) is 0 Å². The minimum absolute atomic E-state index is 0.101. The summed E-state index contributed by atoms with van der Waals surface area (Å²) in [5, 5.41) is 9.77. The minimum atomic E-state index is -0.215. The van der Waals surface area contributed by atoms with Crippen molar-refractivity contribution >= 4 is 35.2 Å². The molecule has 160 valence electrons. The molecule has 0 atom stereocenters. The minimum Gasteiger partial charge on any atom is -0.494 e. The van der Waals surface area contributed by atoms with Crippen molar-refractivity contribution in [3.8, 4) is 22.8 Å². The molecule has 1 fully saturated rings. The van der Waals surface area contributed by atoms with Gasteiger partial charge in [0.2, 0.25) is 11.8 Å². The zero-order valence-electron chi connectivity index (χ0n) is 17.0. The highest BCUT2D eigenvalue weighted by Gasteiger charge is 2.27. The van der Waals surface area contributed by atoms with Crippen LogP contribution < -0.4 is 4.74 Å². The van der Waals surface area contributed by atoms with Gasteiger partial charge in [0.25, 0.3) is 0 Å². The molecule has 0 aliphatic carbocycles. The summed E-state index contributed by atoms with van der Waals surface area (Å²) in [6, 6.07) is 15.0. The summed E-state index contributed by atoms with van der Waals surface area (Å²) in [4.78, 5) is 25.7. The van der Waals surface area contributed by atoms with Crippen molar-refractivity contribution in [2.75, 3.05) is 18.9 Å². The second kappa shape index (κ2) is 9.53. The lowest BCUT2D eigenvalue weighted by Gasteiger charge is -2.14. The Morgan fingerprint density at radius 1 is 1.16 bits per heavy atom. The Kier molecular flexibility index (Phi) is 6.58. The van der Waals surface area contributed by atoms with Gasteiger partial charge in [-0.05, 0) is 49.7 Å². The van der Waals surface area contributed by atoms with Gasteiger partial charge in [0.1, 0.15) is 5.75 Å². The third-order valence-corrected chi connectivity index (χ3v) is 6.10. The number of likely N-dealkylation sites (tertiary alicyclic amines) is 1. The number of aromatic nitrogens is 3. The number of hydrogen-bond donors (Lipinski definition) is 0. The van der Waals surface area contributed by atoms with Crippen LogP contribution in [0.15, 0.2) is 53.7 Å². The zero-order chi connectivity index (χ0) is 21.8. The number of benzene rings is 2. The van der Waals surface area contributed by atoms with E-state index in [1.54, 1.807) is 6.07 Å². The molecule has 0 unspecified atom stereocenters. The maximum absolute atomic E-state index is 12.5. The van der Waals surface area contributed by atoms with Crippen molar-refractivity contribution in [1.29, 1.82) is 0 Å². The molecule has 0 bridgehead atoms. The lowest BCUT2D eigenvalue weighted by atomic mass is 10.2. The fourth-order valence-corrected chi connectivity index (χ4v) is 4.44. The molecule has 2 heterocycles. The Labute approximate surface area is 189 Å². The molecule has 9 heteroatoms. The van der Waals surface area contributed by atoms with Crippen molar-refractivity contribution in [1.82, 2.24) is 19.7 Å². The molecule has 1 aromatic heterocycles. The van der Waals surface area contributed by atoms with E-state index in [1.165, 1.54) is 16.7 Å². The number of carbonyl (C=O) groups excluding carboxylic acids is 2. The van der Waals surface area contributed by atoms with E-state index in [-0.39, 0.29) is 17.6 Å². The molecule has 0 N–H and O–H groups in total. The summed E-state index contributed by atoms with van der Waals surface area (Å²) in [6.45, 7) is 2.99. The highest BCUT2D eigenvalue weighted by molar-refractivity contribution is 7.99. The molecule has 31 heavy (non-hydrogen) atoms. The van der Waals surface area contributed by atoms with Crippen LogP contribution in [0.25, 0.3) is 17.1 Å². The third kappa shape index (κ3) is 4.60.